The van der Waals surface area contributed by atoms with Gasteiger partial charge in [0.25, 0.3) is 0 Å². The Labute approximate surface area is 108 Å². The molecule has 1 aromatic rings. The van der Waals surface area contributed by atoms with E-state index in [1.54, 1.807) is 13.1 Å². The van der Waals surface area contributed by atoms with Crippen LogP contribution >= 0.6 is 0 Å². The molecule has 5 nitrogen and oxygen atoms in total. The molecular weight excluding hydrogens is 228 g/mol. The summed E-state index contributed by atoms with van der Waals surface area (Å²) in [5.41, 5.74) is 7.43. The third-order valence-electron chi connectivity index (χ3n) is 2.64. The number of nitrogen functional groups attached to an aromatic ring is 1. The second-order valence-electron chi connectivity index (χ2n) is 4.90. The van der Waals surface area contributed by atoms with Crippen molar-refractivity contribution in [1.82, 2.24) is 10.3 Å². The highest BCUT2D eigenvalue weighted by Crippen LogP contribution is 2.19. The van der Waals surface area contributed by atoms with Crippen molar-refractivity contribution in [2.75, 3.05) is 17.6 Å². The first-order valence-corrected chi connectivity index (χ1v) is 6.17. The van der Waals surface area contributed by atoms with Crippen LogP contribution in [0.15, 0.2) is 12.3 Å². The molecule has 1 aromatic heterocycles. The topological polar surface area (TPSA) is 80.0 Å². The average molecular weight is 250 g/mol. The van der Waals surface area contributed by atoms with Crippen LogP contribution in [0.4, 0.5) is 11.5 Å². The lowest BCUT2D eigenvalue weighted by Crippen LogP contribution is -2.39. The van der Waals surface area contributed by atoms with Gasteiger partial charge in [0, 0.05) is 12.7 Å². The number of aryl methyl sites for hydroxylation is 1. The lowest BCUT2D eigenvalue weighted by atomic mass is 10.2. The number of rotatable bonds is 5. The lowest BCUT2D eigenvalue weighted by Gasteiger charge is -2.17. The van der Waals surface area contributed by atoms with E-state index in [9.17, 15) is 4.79 Å². The second-order valence-corrected chi connectivity index (χ2v) is 4.90. The molecule has 5 heteroatoms. The van der Waals surface area contributed by atoms with Gasteiger partial charge in [-0.15, -0.1) is 0 Å². The van der Waals surface area contributed by atoms with Gasteiger partial charge >= 0.3 is 0 Å². The van der Waals surface area contributed by atoms with E-state index in [1.807, 2.05) is 13.0 Å². The molecule has 0 aliphatic rings. The highest BCUT2D eigenvalue weighted by molar-refractivity contribution is 5.85. The number of pyridine rings is 1. The minimum atomic E-state index is -0.361. The van der Waals surface area contributed by atoms with Crippen molar-refractivity contribution < 1.29 is 4.79 Å². The van der Waals surface area contributed by atoms with E-state index < -0.39 is 0 Å². The zero-order valence-corrected chi connectivity index (χ0v) is 11.4. The molecule has 0 aliphatic heterocycles. The normalized spacial score (nSPS) is 12.3. The van der Waals surface area contributed by atoms with Crippen LogP contribution in [0, 0.1) is 12.8 Å². The highest BCUT2D eigenvalue weighted by atomic mass is 16.2. The van der Waals surface area contributed by atoms with Gasteiger partial charge in [-0.3, -0.25) is 4.79 Å². The minimum absolute atomic E-state index is 0.0496. The van der Waals surface area contributed by atoms with Crippen LogP contribution in [0.1, 0.15) is 26.3 Å². The van der Waals surface area contributed by atoms with Gasteiger partial charge in [0.15, 0.2) is 0 Å². The predicted octanol–water partition coefficient (Wildman–Crippen LogP) is 1.54. The van der Waals surface area contributed by atoms with Crippen molar-refractivity contribution in [3.8, 4) is 0 Å². The molecule has 1 unspecified atom stereocenters. The number of nitrogens with one attached hydrogen (secondary N) is 2. The van der Waals surface area contributed by atoms with E-state index >= 15 is 0 Å². The Hall–Kier alpha value is -1.78. The van der Waals surface area contributed by atoms with Crippen molar-refractivity contribution in [3.05, 3.63) is 17.8 Å². The first kappa shape index (κ1) is 14.3. The van der Waals surface area contributed by atoms with Crippen molar-refractivity contribution in [1.29, 1.82) is 0 Å². The quantitative estimate of drug-likeness (QED) is 0.740. The number of aromatic nitrogens is 1. The smallest absolute Gasteiger partial charge is 0.242 e. The Morgan fingerprint density at radius 1 is 1.44 bits per heavy atom. The molecule has 1 rings (SSSR count). The second kappa shape index (κ2) is 6.23. The summed E-state index contributed by atoms with van der Waals surface area (Å²) < 4.78 is 0. The summed E-state index contributed by atoms with van der Waals surface area (Å²) in [6.07, 6.45) is 1.67. The molecule has 1 atom stereocenters. The van der Waals surface area contributed by atoms with E-state index in [-0.39, 0.29) is 11.9 Å². The number of carbonyl (C=O) groups excluding carboxylic acids is 1. The standard InChI is InChI=1S/C13H22N4O/c1-8(2)7-16-13(18)10(4)17-12-11(14)9(3)5-6-15-12/h5-6,8,10H,7,14H2,1-4H3,(H,15,17)(H,16,18). The lowest BCUT2D eigenvalue weighted by molar-refractivity contribution is -0.121. The Balaban J connectivity index is 2.61. The van der Waals surface area contributed by atoms with E-state index in [2.05, 4.69) is 29.5 Å². The number of nitrogens with zero attached hydrogens (tertiary/aromatic N) is 1. The SMILES string of the molecule is Cc1ccnc(NC(C)C(=O)NCC(C)C)c1N. The van der Waals surface area contributed by atoms with E-state index in [0.29, 0.717) is 24.0 Å². The highest BCUT2D eigenvalue weighted by Gasteiger charge is 2.14. The van der Waals surface area contributed by atoms with Crippen molar-refractivity contribution in [2.24, 2.45) is 5.92 Å². The van der Waals surface area contributed by atoms with Crippen LogP contribution in [0.25, 0.3) is 0 Å². The molecule has 0 spiro atoms. The largest absolute Gasteiger partial charge is 0.396 e. The fourth-order valence-electron chi connectivity index (χ4n) is 1.41. The number of hydrogen-bond acceptors (Lipinski definition) is 4. The monoisotopic (exact) mass is 250 g/mol. The van der Waals surface area contributed by atoms with Gasteiger partial charge in [0.1, 0.15) is 11.9 Å². The molecule has 0 saturated heterocycles. The summed E-state index contributed by atoms with van der Waals surface area (Å²) in [5.74, 6) is 0.942. The minimum Gasteiger partial charge on any atom is -0.396 e. The number of nitrogens with two attached hydrogens (primary N) is 1. The number of amides is 1. The summed E-state index contributed by atoms with van der Waals surface area (Å²) in [6, 6.07) is 1.48. The summed E-state index contributed by atoms with van der Waals surface area (Å²) >= 11 is 0. The van der Waals surface area contributed by atoms with Gasteiger partial charge in [0.05, 0.1) is 5.69 Å². The molecular formula is C13H22N4O. The number of anilines is 2. The third kappa shape index (κ3) is 3.91. The van der Waals surface area contributed by atoms with Crippen molar-refractivity contribution in [2.45, 2.75) is 33.7 Å². The molecule has 18 heavy (non-hydrogen) atoms. The Morgan fingerprint density at radius 2 is 2.11 bits per heavy atom. The summed E-state index contributed by atoms with van der Waals surface area (Å²) in [4.78, 5) is 15.9. The van der Waals surface area contributed by atoms with Gasteiger partial charge in [-0.05, 0) is 31.4 Å². The van der Waals surface area contributed by atoms with Gasteiger partial charge in [-0.25, -0.2) is 4.98 Å². The van der Waals surface area contributed by atoms with Gasteiger partial charge in [-0.2, -0.15) is 0 Å². The molecule has 0 fully saturated rings. The maximum absolute atomic E-state index is 11.8. The van der Waals surface area contributed by atoms with E-state index in [4.69, 9.17) is 5.73 Å². The average Bonchev–Trinajstić information content (AvgIpc) is 2.31. The van der Waals surface area contributed by atoms with Crippen LogP contribution in [0.2, 0.25) is 0 Å². The molecule has 1 amide bonds. The molecule has 4 N–H and O–H groups in total. The van der Waals surface area contributed by atoms with Crippen LogP contribution in [0.3, 0.4) is 0 Å². The van der Waals surface area contributed by atoms with E-state index in [0.717, 1.165) is 5.56 Å². The van der Waals surface area contributed by atoms with E-state index in [1.165, 1.54) is 0 Å². The maximum atomic E-state index is 11.8. The molecule has 0 radical (unpaired) electrons. The first-order valence-electron chi connectivity index (χ1n) is 6.17. The maximum Gasteiger partial charge on any atom is 0.242 e. The van der Waals surface area contributed by atoms with Crippen LogP contribution in [0.5, 0.6) is 0 Å². The first-order chi connectivity index (χ1) is 8.41. The van der Waals surface area contributed by atoms with Crippen LogP contribution in [-0.4, -0.2) is 23.5 Å². The van der Waals surface area contributed by atoms with Crippen LogP contribution < -0.4 is 16.4 Å². The third-order valence-corrected chi connectivity index (χ3v) is 2.64. The predicted molar refractivity (Wildman–Crippen MR) is 74.3 cm³/mol. The molecule has 0 bridgehead atoms. The van der Waals surface area contributed by atoms with Gasteiger partial charge in [-0.1, -0.05) is 13.8 Å². The zero-order chi connectivity index (χ0) is 13.7. The Morgan fingerprint density at radius 3 is 2.72 bits per heavy atom. The van der Waals surface area contributed by atoms with Crippen molar-refractivity contribution >= 4 is 17.4 Å². The van der Waals surface area contributed by atoms with Crippen molar-refractivity contribution in [3.63, 3.8) is 0 Å². The van der Waals surface area contributed by atoms with Gasteiger partial charge < -0.3 is 16.4 Å². The molecule has 1 heterocycles. The summed E-state index contributed by atoms with van der Waals surface area (Å²) in [7, 11) is 0. The zero-order valence-electron chi connectivity index (χ0n) is 11.4. The molecule has 100 valence electrons. The fraction of sp³-hybridized carbons (Fsp3) is 0.538. The summed E-state index contributed by atoms with van der Waals surface area (Å²) in [6.45, 7) is 8.48. The molecule has 0 aromatic carbocycles. The Bertz CT molecular complexity index is 417. The summed E-state index contributed by atoms with van der Waals surface area (Å²) in [5, 5.41) is 5.89. The number of hydrogen-bond donors (Lipinski definition) is 3. The van der Waals surface area contributed by atoms with Crippen LogP contribution in [-0.2, 0) is 4.79 Å². The Kier molecular flexibility index (Phi) is 4.95. The molecule has 0 saturated carbocycles. The molecule has 0 aliphatic carbocycles. The van der Waals surface area contributed by atoms with Gasteiger partial charge in [0.2, 0.25) is 5.91 Å². The number of carbonyl (C=O) groups is 1. The fourth-order valence-corrected chi connectivity index (χ4v) is 1.41.